The van der Waals surface area contributed by atoms with Crippen LogP contribution in [0.25, 0.3) is 0 Å². The second-order valence-electron chi connectivity index (χ2n) is 4.60. The van der Waals surface area contributed by atoms with Gasteiger partial charge in [0.1, 0.15) is 0 Å². The van der Waals surface area contributed by atoms with Gasteiger partial charge in [-0.3, -0.25) is 4.79 Å². The van der Waals surface area contributed by atoms with Crippen molar-refractivity contribution < 1.29 is 4.79 Å². The third-order valence-electron chi connectivity index (χ3n) is 3.30. The van der Waals surface area contributed by atoms with E-state index in [-0.39, 0.29) is 5.91 Å². The van der Waals surface area contributed by atoms with Crippen molar-refractivity contribution in [1.29, 1.82) is 0 Å². The molecule has 3 N–H and O–H groups in total. The van der Waals surface area contributed by atoms with Crippen molar-refractivity contribution in [2.24, 2.45) is 5.73 Å². The maximum absolute atomic E-state index is 12.2. The number of hydrogen-bond acceptors (Lipinski definition) is 2. The van der Waals surface area contributed by atoms with Crippen LogP contribution in [0.3, 0.4) is 0 Å². The van der Waals surface area contributed by atoms with E-state index in [2.05, 4.69) is 5.32 Å². The Hall–Kier alpha value is -2.13. The number of aryl methyl sites for hydroxylation is 1. The lowest BCUT2D eigenvalue weighted by atomic mass is 10.0. The average molecular weight is 254 g/mol. The molecule has 3 heteroatoms. The van der Waals surface area contributed by atoms with Gasteiger partial charge in [0.25, 0.3) is 5.91 Å². The van der Waals surface area contributed by atoms with Crippen molar-refractivity contribution in [3.05, 3.63) is 64.7 Å². The van der Waals surface area contributed by atoms with Crippen LogP contribution in [-0.2, 0) is 6.54 Å². The minimum absolute atomic E-state index is 0.0818. The third-order valence-corrected chi connectivity index (χ3v) is 3.30. The van der Waals surface area contributed by atoms with Crippen LogP contribution < -0.4 is 11.1 Å². The summed E-state index contributed by atoms with van der Waals surface area (Å²) in [6.07, 6.45) is 0. The highest BCUT2D eigenvalue weighted by molar-refractivity contribution is 6.05. The smallest absolute Gasteiger partial charge is 0.255 e. The predicted octanol–water partition coefficient (Wildman–Crippen LogP) is 3.01. The van der Waals surface area contributed by atoms with Crippen LogP contribution in [0.5, 0.6) is 0 Å². The van der Waals surface area contributed by atoms with E-state index >= 15 is 0 Å². The molecule has 0 fully saturated rings. The van der Waals surface area contributed by atoms with Crippen LogP contribution in [0, 0.1) is 13.8 Å². The molecule has 0 bridgehead atoms. The SMILES string of the molecule is Cc1cccc(C(=O)Nc2ccc(CN)cc2)c1C. The lowest BCUT2D eigenvalue weighted by Gasteiger charge is -2.09. The van der Waals surface area contributed by atoms with Crippen molar-refractivity contribution >= 4 is 11.6 Å². The summed E-state index contributed by atoms with van der Waals surface area (Å²) in [5.41, 5.74) is 10.2. The van der Waals surface area contributed by atoms with Gasteiger partial charge >= 0.3 is 0 Å². The van der Waals surface area contributed by atoms with E-state index in [1.165, 1.54) is 0 Å². The van der Waals surface area contributed by atoms with Gasteiger partial charge in [-0.25, -0.2) is 0 Å². The van der Waals surface area contributed by atoms with Gasteiger partial charge in [-0.05, 0) is 48.7 Å². The van der Waals surface area contributed by atoms with Gasteiger partial charge in [0, 0.05) is 17.8 Å². The zero-order valence-corrected chi connectivity index (χ0v) is 11.2. The number of rotatable bonds is 3. The molecular formula is C16H18N2O. The fourth-order valence-electron chi connectivity index (χ4n) is 1.92. The minimum Gasteiger partial charge on any atom is -0.326 e. The molecule has 3 nitrogen and oxygen atoms in total. The Balaban J connectivity index is 2.18. The molecule has 2 aromatic carbocycles. The molecule has 0 atom stereocenters. The standard InChI is InChI=1S/C16H18N2O/c1-11-4-3-5-15(12(11)2)16(19)18-14-8-6-13(10-17)7-9-14/h3-9H,10,17H2,1-2H3,(H,18,19). The zero-order chi connectivity index (χ0) is 13.8. The molecule has 2 aromatic rings. The molecule has 98 valence electrons. The number of nitrogens with one attached hydrogen (secondary N) is 1. The largest absolute Gasteiger partial charge is 0.326 e. The minimum atomic E-state index is -0.0818. The van der Waals surface area contributed by atoms with E-state index in [1.807, 2.05) is 56.3 Å². The van der Waals surface area contributed by atoms with E-state index in [1.54, 1.807) is 0 Å². The lowest BCUT2D eigenvalue weighted by molar-refractivity contribution is 0.102. The summed E-state index contributed by atoms with van der Waals surface area (Å²) in [7, 11) is 0. The quantitative estimate of drug-likeness (QED) is 0.884. The Labute approximate surface area is 113 Å². The molecule has 1 amide bonds. The number of carbonyl (C=O) groups excluding carboxylic acids is 1. The summed E-state index contributed by atoms with van der Waals surface area (Å²) >= 11 is 0. The first kappa shape index (κ1) is 13.3. The number of amides is 1. The van der Waals surface area contributed by atoms with Gasteiger partial charge in [-0.15, -0.1) is 0 Å². The second kappa shape index (κ2) is 5.67. The van der Waals surface area contributed by atoms with Gasteiger partial charge in [0.05, 0.1) is 0 Å². The maximum atomic E-state index is 12.2. The highest BCUT2D eigenvalue weighted by Crippen LogP contribution is 2.16. The number of carbonyl (C=O) groups is 1. The summed E-state index contributed by atoms with van der Waals surface area (Å²) in [6.45, 7) is 4.47. The first-order valence-electron chi connectivity index (χ1n) is 6.28. The van der Waals surface area contributed by atoms with E-state index in [0.29, 0.717) is 12.1 Å². The molecule has 0 aromatic heterocycles. The lowest BCUT2D eigenvalue weighted by Crippen LogP contribution is -2.13. The molecule has 0 saturated carbocycles. The van der Waals surface area contributed by atoms with Gasteiger partial charge in [-0.2, -0.15) is 0 Å². The Morgan fingerprint density at radius 1 is 1.11 bits per heavy atom. The highest BCUT2D eigenvalue weighted by Gasteiger charge is 2.10. The third kappa shape index (κ3) is 3.01. The van der Waals surface area contributed by atoms with Crippen molar-refractivity contribution in [3.63, 3.8) is 0 Å². The number of hydrogen-bond donors (Lipinski definition) is 2. The molecule has 0 heterocycles. The molecule has 0 aliphatic rings. The molecule has 2 rings (SSSR count). The van der Waals surface area contributed by atoms with Crippen LogP contribution in [-0.4, -0.2) is 5.91 Å². The molecule has 0 spiro atoms. The van der Waals surface area contributed by atoms with E-state index < -0.39 is 0 Å². The monoisotopic (exact) mass is 254 g/mol. The summed E-state index contributed by atoms with van der Waals surface area (Å²) < 4.78 is 0. The molecule has 0 aliphatic heterocycles. The Kier molecular flexibility index (Phi) is 3.97. The van der Waals surface area contributed by atoms with Crippen molar-refractivity contribution in [2.75, 3.05) is 5.32 Å². The van der Waals surface area contributed by atoms with Crippen LogP contribution in [0.2, 0.25) is 0 Å². The Bertz CT molecular complexity index is 588. The van der Waals surface area contributed by atoms with Gasteiger partial charge < -0.3 is 11.1 Å². The summed E-state index contributed by atoms with van der Waals surface area (Å²) in [4.78, 5) is 12.2. The molecular weight excluding hydrogens is 236 g/mol. The molecule has 0 saturated heterocycles. The van der Waals surface area contributed by atoms with Crippen LogP contribution in [0.4, 0.5) is 5.69 Å². The molecule has 0 aliphatic carbocycles. The maximum Gasteiger partial charge on any atom is 0.255 e. The number of nitrogens with two attached hydrogens (primary N) is 1. The second-order valence-corrected chi connectivity index (χ2v) is 4.60. The Morgan fingerprint density at radius 2 is 1.79 bits per heavy atom. The fourth-order valence-corrected chi connectivity index (χ4v) is 1.92. The predicted molar refractivity (Wildman–Crippen MR) is 78.2 cm³/mol. The van der Waals surface area contributed by atoms with E-state index in [4.69, 9.17) is 5.73 Å². The summed E-state index contributed by atoms with van der Waals surface area (Å²) in [5.74, 6) is -0.0818. The molecule has 19 heavy (non-hydrogen) atoms. The molecule has 0 radical (unpaired) electrons. The fraction of sp³-hybridized carbons (Fsp3) is 0.188. The number of anilines is 1. The van der Waals surface area contributed by atoms with Gasteiger partial charge in [0.15, 0.2) is 0 Å². The highest BCUT2D eigenvalue weighted by atomic mass is 16.1. The topological polar surface area (TPSA) is 55.1 Å². The van der Waals surface area contributed by atoms with Crippen molar-refractivity contribution in [2.45, 2.75) is 20.4 Å². The van der Waals surface area contributed by atoms with Crippen molar-refractivity contribution in [3.8, 4) is 0 Å². The average Bonchev–Trinajstić information content (AvgIpc) is 2.42. The first-order valence-corrected chi connectivity index (χ1v) is 6.28. The van der Waals surface area contributed by atoms with Crippen LogP contribution >= 0.6 is 0 Å². The zero-order valence-electron chi connectivity index (χ0n) is 11.2. The van der Waals surface area contributed by atoms with Gasteiger partial charge in [0.2, 0.25) is 0 Å². The number of benzene rings is 2. The van der Waals surface area contributed by atoms with Gasteiger partial charge in [-0.1, -0.05) is 24.3 Å². The van der Waals surface area contributed by atoms with E-state index in [9.17, 15) is 4.79 Å². The summed E-state index contributed by atoms with van der Waals surface area (Å²) in [5, 5.41) is 2.90. The first-order chi connectivity index (χ1) is 9.11. The van der Waals surface area contributed by atoms with Crippen molar-refractivity contribution in [1.82, 2.24) is 0 Å². The van der Waals surface area contributed by atoms with Crippen LogP contribution in [0.15, 0.2) is 42.5 Å². The summed E-state index contributed by atoms with van der Waals surface area (Å²) in [6, 6.07) is 13.3. The van der Waals surface area contributed by atoms with E-state index in [0.717, 1.165) is 22.4 Å². The Morgan fingerprint density at radius 3 is 2.42 bits per heavy atom. The normalized spacial score (nSPS) is 10.3. The van der Waals surface area contributed by atoms with Crippen LogP contribution in [0.1, 0.15) is 27.0 Å². The molecule has 0 unspecified atom stereocenters.